The summed E-state index contributed by atoms with van der Waals surface area (Å²) in [7, 11) is 0. The molecular formula is C16H16Br2ClNO5. The molecule has 1 N–H and O–H groups in total. The van der Waals surface area contributed by atoms with Crippen molar-refractivity contribution in [3.63, 3.8) is 0 Å². The Kier molecular flexibility index (Phi) is 7.04. The second kappa shape index (κ2) is 8.64. The highest BCUT2D eigenvalue weighted by Gasteiger charge is 2.19. The average Bonchev–Trinajstić information content (AvgIpc) is 2.59. The maximum atomic E-state index is 12.4. The van der Waals surface area contributed by atoms with E-state index in [2.05, 4.69) is 36.8 Å². The van der Waals surface area contributed by atoms with Gasteiger partial charge in [-0.1, -0.05) is 0 Å². The van der Waals surface area contributed by atoms with Crippen LogP contribution >= 0.6 is 44.3 Å². The molecule has 1 aliphatic heterocycles. The van der Waals surface area contributed by atoms with Gasteiger partial charge < -0.3 is 14.3 Å². The summed E-state index contributed by atoms with van der Waals surface area (Å²) in [5.41, 5.74) is -0.456. The van der Waals surface area contributed by atoms with Crippen molar-refractivity contribution in [3.8, 4) is 5.75 Å². The van der Waals surface area contributed by atoms with Crippen LogP contribution < -0.4 is 5.63 Å². The van der Waals surface area contributed by atoms with E-state index < -0.39 is 5.63 Å². The minimum Gasteiger partial charge on any atom is -0.505 e. The molecule has 1 aromatic heterocycles. The van der Waals surface area contributed by atoms with Crippen LogP contribution in [0.5, 0.6) is 5.75 Å². The van der Waals surface area contributed by atoms with Crippen molar-refractivity contribution >= 4 is 61.0 Å². The minimum atomic E-state index is -0.697. The quantitative estimate of drug-likeness (QED) is 0.516. The zero-order chi connectivity index (χ0) is 17.3. The van der Waals surface area contributed by atoms with Crippen LogP contribution in [0.15, 0.2) is 30.3 Å². The van der Waals surface area contributed by atoms with Crippen LogP contribution in [0.1, 0.15) is 16.8 Å². The number of ether oxygens (including phenoxy) is 1. The zero-order valence-electron chi connectivity index (χ0n) is 13.1. The van der Waals surface area contributed by atoms with Gasteiger partial charge in [-0.15, -0.1) is 12.4 Å². The summed E-state index contributed by atoms with van der Waals surface area (Å²) in [5.74, 6) is -0.311. The van der Waals surface area contributed by atoms with Gasteiger partial charge in [-0.3, -0.25) is 9.69 Å². The molecule has 0 amide bonds. The molecule has 1 fully saturated rings. The number of hydrogen-bond acceptors (Lipinski definition) is 6. The van der Waals surface area contributed by atoms with Gasteiger partial charge in [-0.05, 0) is 44.0 Å². The standard InChI is InChI=1S/C16H15Br2NO5.ClH/c17-11-8-9-7-10(16(22)24-15(9)13(18)14(11)21)12(20)1-2-19-3-5-23-6-4-19;/h7-8,21H,1-6H2;1H. The molecule has 0 atom stereocenters. The first-order valence-corrected chi connectivity index (χ1v) is 9.04. The van der Waals surface area contributed by atoms with Gasteiger partial charge in [-0.25, -0.2) is 4.79 Å². The van der Waals surface area contributed by atoms with E-state index >= 15 is 0 Å². The lowest BCUT2D eigenvalue weighted by molar-refractivity contribution is 0.0370. The van der Waals surface area contributed by atoms with Gasteiger partial charge in [0, 0.05) is 31.4 Å². The molecule has 1 aromatic carbocycles. The SMILES string of the molecule is Cl.O=C(CCN1CCOCC1)c1cc2cc(Br)c(O)c(Br)c2oc1=O. The topological polar surface area (TPSA) is 80.0 Å². The van der Waals surface area contributed by atoms with Crippen molar-refractivity contribution in [2.45, 2.75) is 6.42 Å². The number of phenols is 1. The van der Waals surface area contributed by atoms with Gasteiger partial charge in [0.05, 0.1) is 17.7 Å². The highest BCUT2D eigenvalue weighted by molar-refractivity contribution is 9.11. The molecule has 25 heavy (non-hydrogen) atoms. The molecule has 9 heteroatoms. The first kappa shape index (κ1) is 20.4. The van der Waals surface area contributed by atoms with E-state index in [-0.39, 0.29) is 46.0 Å². The number of ketones is 1. The third kappa shape index (κ3) is 4.43. The maximum Gasteiger partial charge on any atom is 0.347 e. The normalized spacial score (nSPS) is 15.1. The van der Waals surface area contributed by atoms with E-state index in [4.69, 9.17) is 9.15 Å². The number of morpholine rings is 1. The van der Waals surface area contributed by atoms with Crippen LogP contribution in [-0.2, 0) is 4.74 Å². The van der Waals surface area contributed by atoms with E-state index in [1.807, 2.05) is 0 Å². The highest BCUT2D eigenvalue weighted by Crippen LogP contribution is 2.38. The summed E-state index contributed by atoms with van der Waals surface area (Å²) >= 11 is 6.42. The third-order valence-corrected chi connectivity index (χ3v) is 5.29. The minimum absolute atomic E-state index is 0. The Labute approximate surface area is 166 Å². The Morgan fingerprint density at radius 2 is 1.92 bits per heavy atom. The fourth-order valence-electron chi connectivity index (χ4n) is 2.60. The van der Waals surface area contributed by atoms with Crippen LogP contribution in [0.25, 0.3) is 11.0 Å². The van der Waals surface area contributed by atoms with E-state index in [1.54, 1.807) is 6.07 Å². The summed E-state index contributed by atoms with van der Waals surface area (Å²) < 4.78 is 11.2. The van der Waals surface area contributed by atoms with E-state index in [0.29, 0.717) is 29.6 Å². The van der Waals surface area contributed by atoms with Crippen molar-refractivity contribution in [1.82, 2.24) is 4.90 Å². The second-order valence-electron chi connectivity index (χ2n) is 5.51. The van der Waals surface area contributed by atoms with E-state index in [1.165, 1.54) is 6.07 Å². The van der Waals surface area contributed by atoms with E-state index in [9.17, 15) is 14.7 Å². The Hall–Kier alpha value is -0.930. The fourth-order valence-corrected chi connectivity index (χ4v) is 3.83. The number of phenolic OH excluding ortho intramolecular Hbond substituents is 1. The molecular weight excluding hydrogens is 481 g/mol. The highest BCUT2D eigenvalue weighted by atomic mass is 79.9. The molecule has 0 radical (unpaired) electrons. The molecule has 1 aliphatic rings. The molecule has 3 rings (SSSR count). The number of carbonyl (C=O) groups is 1. The number of aromatic hydroxyl groups is 1. The molecule has 0 bridgehead atoms. The monoisotopic (exact) mass is 495 g/mol. The van der Waals surface area contributed by atoms with Crippen molar-refractivity contribution in [2.75, 3.05) is 32.8 Å². The van der Waals surface area contributed by atoms with Crippen LogP contribution in [0.4, 0.5) is 0 Å². The smallest absolute Gasteiger partial charge is 0.347 e. The van der Waals surface area contributed by atoms with Crippen molar-refractivity contribution in [3.05, 3.63) is 37.1 Å². The molecule has 2 heterocycles. The first-order valence-electron chi connectivity index (χ1n) is 7.45. The predicted octanol–water partition coefficient (Wildman–Crippen LogP) is 3.35. The molecule has 6 nitrogen and oxygen atoms in total. The molecule has 2 aromatic rings. The summed E-state index contributed by atoms with van der Waals surface area (Å²) in [5, 5.41) is 10.4. The fraction of sp³-hybridized carbons (Fsp3) is 0.375. The van der Waals surface area contributed by atoms with Gasteiger partial charge in [-0.2, -0.15) is 0 Å². The summed E-state index contributed by atoms with van der Waals surface area (Å²) in [6.45, 7) is 3.50. The van der Waals surface area contributed by atoms with Crippen molar-refractivity contribution in [2.24, 2.45) is 0 Å². The number of hydrogen-bond donors (Lipinski definition) is 1. The Morgan fingerprint density at radius 1 is 1.24 bits per heavy atom. The first-order chi connectivity index (χ1) is 11.5. The molecule has 0 spiro atoms. The Balaban J connectivity index is 0.00000225. The lowest BCUT2D eigenvalue weighted by Crippen LogP contribution is -2.37. The van der Waals surface area contributed by atoms with Crippen LogP contribution in [0.3, 0.4) is 0 Å². The molecule has 1 saturated heterocycles. The van der Waals surface area contributed by atoms with Gasteiger partial charge in [0.2, 0.25) is 0 Å². The molecule has 0 saturated carbocycles. The molecule has 0 aliphatic carbocycles. The number of rotatable bonds is 4. The lowest BCUT2D eigenvalue weighted by atomic mass is 10.1. The zero-order valence-corrected chi connectivity index (χ0v) is 17.1. The van der Waals surface area contributed by atoms with Crippen LogP contribution in [-0.4, -0.2) is 48.6 Å². The summed E-state index contributed by atoms with van der Waals surface area (Å²) in [6.07, 6.45) is 0.247. The number of benzene rings is 1. The van der Waals surface area contributed by atoms with Gasteiger partial charge in [0.15, 0.2) is 11.4 Å². The summed E-state index contributed by atoms with van der Waals surface area (Å²) in [4.78, 5) is 26.7. The van der Waals surface area contributed by atoms with Crippen molar-refractivity contribution < 1.29 is 19.1 Å². The second-order valence-corrected chi connectivity index (χ2v) is 7.16. The third-order valence-electron chi connectivity index (χ3n) is 3.95. The van der Waals surface area contributed by atoms with Gasteiger partial charge in [0.1, 0.15) is 15.8 Å². The van der Waals surface area contributed by atoms with Crippen LogP contribution in [0, 0.1) is 0 Å². The molecule has 136 valence electrons. The Morgan fingerprint density at radius 3 is 2.60 bits per heavy atom. The van der Waals surface area contributed by atoms with E-state index in [0.717, 1.165) is 13.1 Å². The number of carbonyl (C=O) groups excluding carboxylic acids is 1. The average molecular weight is 498 g/mol. The number of halogens is 3. The number of Topliss-reactive ketones (excluding diaryl/α,β-unsaturated/α-hetero) is 1. The van der Waals surface area contributed by atoms with Gasteiger partial charge >= 0.3 is 5.63 Å². The maximum absolute atomic E-state index is 12.4. The Bertz CT molecular complexity index is 849. The largest absolute Gasteiger partial charge is 0.505 e. The number of fused-ring (bicyclic) bond motifs is 1. The van der Waals surface area contributed by atoms with Crippen LogP contribution in [0.2, 0.25) is 0 Å². The lowest BCUT2D eigenvalue weighted by Gasteiger charge is -2.26. The summed E-state index contributed by atoms with van der Waals surface area (Å²) in [6, 6.07) is 3.12. The predicted molar refractivity (Wildman–Crippen MR) is 103 cm³/mol. The van der Waals surface area contributed by atoms with Crippen molar-refractivity contribution in [1.29, 1.82) is 0 Å². The number of nitrogens with zero attached hydrogens (tertiary/aromatic N) is 1. The molecule has 0 unspecified atom stereocenters. The van der Waals surface area contributed by atoms with Gasteiger partial charge in [0.25, 0.3) is 0 Å².